The van der Waals surface area contributed by atoms with Crippen LogP contribution in [0.15, 0.2) is 0 Å². The van der Waals surface area contributed by atoms with Crippen LogP contribution in [0.25, 0.3) is 0 Å². The second kappa shape index (κ2) is 4.66. The topological polar surface area (TPSA) is 66.4 Å². The fraction of sp³-hybridized carbons (Fsp3) is 0.667. The van der Waals surface area contributed by atoms with Gasteiger partial charge in [0.15, 0.2) is 0 Å². The summed E-state index contributed by atoms with van der Waals surface area (Å²) in [5.74, 6) is -1.80. The van der Waals surface area contributed by atoms with Crippen LogP contribution in [0, 0.1) is 5.92 Å². The third-order valence-electron chi connectivity index (χ3n) is 1.45. The lowest BCUT2D eigenvalue weighted by Gasteiger charge is -2.15. The van der Waals surface area contributed by atoms with E-state index >= 15 is 0 Å². The van der Waals surface area contributed by atoms with Crippen molar-refractivity contribution in [2.45, 2.75) is 19.9 Å². The fourth-order valence-electron chi connectivity index (χ4n) is 0.666. The molecular formula is C6H10INO3. The third kappa shape index (κ3) is 3.15. The van der Waals surface area contributed by atoms with E-state index in [4.69, 9.17) is 5.11 Å². The zero-order valence-electron chi connectivity index (χ0n) is 6.30. The first-order valence-corrected chi connectivity index (χ1v) is 4.18. The van der Waals surface area contributed by atoms with Crippen LogP contribution in [0.4, 0.5) is 0 Å². The number of carbonyl (C=O) groups excluding carboxylic acids is 1. The summed E-state index contributed by atoms with van der Waals surface area (Å²) in [5.41, 5.74) is 0. The monoisotopic (exact) mass is 271 g/mol. The zero-order valence-corrected chi connectivity index (χ0v) is 8.45. The first kappa shape index (κ1) is 10.8. The van der Waals surface area contributed by atoms with Gasteiger partial charge in [-0.3, -0.25) is 9.59 Å². The second-order valence-corrected chi connectivity index (χ2v) is 2.95. The normalized spacial score (nSPS) is 15.5. The molecule has 0 amide bonds. The van der Waals surface area contributed by atoms with Crippen LogP contribution >= 0.6 is 22.9 Å². The first-order chi connectivity index (χ1) is 5.00. The highest BCUT2D eigenvalue weighted by Crippen LogP contribution is 2.05. The highest BCUT2D eigenvalue weighted by Gasteiger charge is 2.25. The molecule has 64 valence electrons. The van der Waals surface area contributed by atoms with Crippen molar-refractivity contribution < 1.29 is 14.7 Å². The maximum Gasteiger partial charge on any atom is 0.308 e. The maximum atomic E-state index is 10.8. The second-order valence-electron chi connectivity index (χ2n) is 2.32. The molecule has 0 aliphatic rings. The minimum Gasteiger partial charge on any atom is -0.481 e. The fourth-order valence-corrected chi connectivity index (χ4v) is 1.64. The predicted octanol–water partition coefficient (Wildman–Crippen LogP) is 0.604. The molecule has 0 aromatic carbocycles. The summed E-state index contributed by atoms with van der Waals surface area (Å²) >= 11 is 1.78. The molecule has 0 aliphatic carbocycles. The largest absolute Gasteiger partial charge is 0.481 e. The lowest BCUT2D eigenvalue weighted by atomic mass is 10.0. The van der Waals surface area contributed by atoms with Crippen molar-refractivity contribution in [1.82, 2.24) is 3.53 Å². The van der Waals surface area contributed by atoms with Crippen LogP contribution in [0.2, 0.25) is 0 Å². The van der Waals surface area contributed by atoms with Gasteiger partial charge in [0.05, 0.1) is 12.0 Å². The van der Waals surface area contributed by atoms with Crippen LogP contribution in [0.1, 0.15) is 13.8 Å². The molecule has 4 nitrogen and oxygen atoms in total. The Morgan fingerprint density at radius 2 is 2.00 bits per heavy atom. The molecule has 0 spiro atoms. The molecule has 0 radical (unpaired) electrons. The maximum absolute atomic E-state index is 10.8. The third-order valence-corrected chi connectivity index (χ3v) is 2.12. The molecule has 0 rings (SSSR count). The van der Waals surface area contributed by atoms with Gasteiger partial charge in [-0.15, -0.1) is 0 Å². The first-order valence-electron chi connectivity index (χ1n) is 3.10. The van der Waals surface area contributed by atoms with Crippen molar-refractivity contribution in [2.24, 2.45) is 5.92 Å². The van der Waals surface area contributed by atoms with Crippen LogP contribution in [0.5, 0.6) is 0 Å². The van der Waals surface area contributed by atoms with Crippen molar-refractivity contribution in [3.05, 3.63) is 0 Å². The summed E-state index contributed by atoms with van der Waals surface area (Å²) in [7, 11) is 0. The molecule has 0 aromatic heterocycles. The average Bonchev–Trinajstić information content (AvgIpc) is 1.88. The molecule has 0 aliphatic heterocycles. The highest BCUT2D eigenvalue weighted by molar-refractivity contribution is 14.1. The number of hydrogen-bond acceptors (Lipinski definition) is 3. The summed E-state index contributed by atoms with van der Waals surface area (Å²) in [6, 6.07) is -0.590. The number of carboxylic acid groups (broad SMARTS) is 1. The number of Topliss-reactive ketones (excluding diaryl/α,β-unsaturated/α-hetero) is 1. The van der Waals surface area contributed by atoms with E-state index in [9.17, 15) is 9.59 Å². The minimum absolute atomic E-state index is 0.158. The zero-order chi connectivity index (χ0) is 9.02. The Kier molecular flexibility index (Phi) is 4.58. The minimum atomic E-state index is -0.964. The van der Waals surface area contributed by atoms with Gasteiger partial charge in [0.2, 0.25) is 0 Å². The summed E-state index contributed by atoms with van der Waals surface area (Å²) in [4.78, 5) is 21.2. The SMILES string of the molecule is CC(=O)[C@@H](NI)[C@H](C)C(=O)O. The highest BCUT2D eigenvalue weighted by atomic mass is 127. The van der Waals surface area contributed by atoms with Crippen molar-refractivity contribution in [3.63, 3.8) is 0 Å². The number of aliphatic carboxylic acids is 1. The molecule has 2 atom stereocenters. The molecule has 0 bridgehead atoms. The van der Waals surface area contributed by atoms with Gasteiger partial charge in [0, 0.05) is 22.9 Å². The van der Waals surface area contributed by atoms with E-state index < -0.39 is 17.9 Å². The van der Waals surface area contributed by atoms with E-state index in [-0.39, 0.29) is 5.78 Å². The van der Waals surface area contributed by atoms with Crippen LogP contribution in [-0.2, 0) is 9.59 Å². The number of carboxylic acids is 1. The molecule has 11 heavy (non-hydrogen) atoms. The average molecular weight is 271 g/mol. The Morgan fingerprint density at radius 3 is 2.09 bits per heavy atom. The van der Waals surface area contributed by atoms with Crippen LogP contribution < -0.4 is 3.53 Å². The van der Waals surface area contributed by atoms with Crippen molar-refractivity contribution in [1.29, 1.82) is 0 Å². The van der Waals surface area contributed by atoms with Crippen LogP contribution in [-0.4, -0.2) is 22.9 Å². The van der Waals surface area contributed by atoms with Crippen molar-refractivity contribution in [2.75, 3.05) is 0 Å². The van der Waals surface area contributed by atoms with Gasteiger partial charge in [-0.05, 0) is 13.8 Å². The van der Waals surface area contributed by atoms with Crippen molar-refractivity contribution in [3.8, 4) is 0 Å². The Balaban J connectivity index is 4.25. The Bertz CT molecular complexity index is 171. The van der Waals surface area contributed by atoms with E-state index in [0.717, 1.165) is 0 Å². The van der Waals surface area contributed by atoms with Crippen LogP contribution in [0.3, 0.4) is 0 Å². The van der Waals surface area contributed by atoms with E-state index in [1.807, 2.05) is 0 Å². The van der Waals surface area contributed by atoms with Gasteiger partial charge in [-0.2, -0.15) is 0 Å². The van der Waals surface area contributed by atoms with Gasteiger partial charge >= 0.3 is 5.97 Å². The Hall–Kier alpha value is -0.170. The standard InChI is InChI=1S/C6H10INO3/c1-3(6(10)11)5(8-7)4(2)9/h3,5,8H,1-2H3,(H,10,11)/t3-,5-/m0/s1. The molecule has 0 unspecified atom stereocenters. The van der Waals surface area contributed by atoms with Gasteiger partial charge < -0.3 is 5.11 Å². The van der Waals surface area contributed by atoms with E-state index in [1.165, 1.54) is 13.8 Å². The molecular weight excluding hydrogens is 261 g/mol. The molecule has 0 fully saturated rings. The summed E-state index contributed by atoms with van der Waals surface area (Å²) < 4.78 is 2.62. The number of carbonyl (C=O) groups is 2. The molecule has 5 heteroatoms. The van der Waals surface area contributed by atoms with E-state index in [2.05, 4.69) is 3.53 Å². The van der Waals surface area contributed by atoms with Crippen molar-refractivity contribution >= 4 is 34.6 Å². The summed E-state index contributed by atoms with van der Waals surface area (Å²) in [5, 5.41) is 8.54. The van der Waals surface area contributed by atoms with Gasteiger partial charge in [-0.25, -0.2) is 3.53 Å². The van der Waals surface area contributed by atoms with E-state index in [0.29, 0.717) is 0 Å². The number of nitrogens with one attached hydrogen (secondary N) is 1. The molecule has 0 saturated heterocycles. The van der Waals surface area contributed by atoms with Gasteiger partial charge in [0.25, 0.3) is 0 Å². The molecule has 0 aromatic rings. The van der Waals surface area contributed by atoms with Gasteiger partial charge in [0.1, 0.15) is 5.78 Å². The molecule has 0 saturated carbocycles. The number of ketones is 1. The predicted molar refractivity (Wildman–Crippen MR) is 48.4 cm³/mol. The lowest BCUT2D eigenvalue weighted by Crippen LogP contribution is -2.39. The molecule has 2 N–H and O–H groups in total. The smallest absolute Gasteiger partial charge is 0.308 e. The summed E-state index contributed by atoms with van der Waals surface area (Å²) in [6.07, 6.45) is 0. The lowest BCUT2D eigenvalue weighted by molar-refractivity contribution is -0.143. The molecule has 0 heterocycles. The number of rotatable bonds is 4. The van der Waals surface area contributed by atoms with Gasteiger partial charge in [-0.1, -0.05) is 0 Å². The number of halogens is 1. The van der Waals surface area contributed by atoms with E-state index in [1.54, 1.807) is 22.9 Å². The Labute approximate surface area is 78.8 Å². The summed E-state index contributed by atoms with van der Waals surface area (Å²) in [6.45, 7) is 2.87. The number of hydrogen-bond donors (Lipinski definition) is 2. The quantitative estimate of drug-likeness (QED) is 0.580. The Morgan fingerprint density at radius 1 is 1.55 bits per heavy atom.